The molecule has 2 aliphatic heterocycles. The van der Waals surface area contributed by atoms with Crippen LogP contribution >= 0.6 is 0 Å². The summed E-state index contributed by atoms with van der Waals surface area (Å²) < 4.78 is 6.39. The van der Waals surface area contributed by atoms with Gasteiger partial charge in [0.2, 0.25) is 0 Å². The number of hydrogen-bond acceptors (Lipinski definition) is 5. The molecule has 0 unspecified atom stereocenters. The maximum atomic E-state index is 13.0. The van der Waals surface area contributed by atoms with Crippen LogP contribution in [0.2, 0.25) is 0 Å². The third kappa shape index (κ3) is 3.12. The first-order valence-corrected chi connectivity index (χ1v) is 12.3. The van der Waals surface area contributed by atoms with Crippen molar-refractivity contribution in [3.05, 3.63) is 65.2 Å². The fourth-order valence-electron chi connectivity index (χ4n) is 6.57. The number of anilines is 1. The molecule has 2 heterocycles. The van der Waals surface area contributed by atoms with Crippen LogP contribution in [-0.2, 0) is 16.6 Å². The number of amides is 1. The van der Waals surface area contributed by atoms with Crippen molar-refractivity contribution < 1.29 is 19.7 Å². The number of carbonyl (C=O) groups excluding carboxylic acids is 1. The molecule has 2 fully saturated rings. The summed E-state index contributed by atoms with van der Waals surface area (Å²) in [7, 11) is 0. The Kier molecular flexibility index (Phi) is 4.84. The van der Waals surface area contributed by atoms with Crippen molar-refractivity contribution in [2.24, 2.45) is 5.92 Å². The molecule has 6 nitrogen and oxygen atoms in total. The van der Waals surface area contributed by atoms with Crippen LogP contribution in [0.1, 0.15) is 44.2 Å². The van der Waals surface area contributed by atoms with Gasteiger partial charge in [0.05, 0.1) is 11.0 Å². The Morgan fingerprint density at radius 1 is 1.24 bits per heavy atom. The average Bonchev–Trinajstić information content (AvgIpc) is 3.55. The molecule has 178 valence electrons. The van der Waals surface area contributed by atoms with Gasteiger partial charge in [-0.05, 0) is 81.8 Å². The van der Waals surface area contributed by atoms with E-state index < -0.39 is 17.1 Å². The van der Waals surface area contributed by atoms with Gasteiger partial charge in [0.25, 0.3) is 5.91 Å². The number of aromatic hydroxyl groups is 1. The highest BCUT2D eigenvalue weighted by atomic mass is 16.5. The van der Waals surface area contributed by atoms with E-state index in [0.29, 0.717) is 17.7 Å². The quantitative estimate of drug-likeness (QED) is 0.592. The molecule has 1 saturated carbocycles. The van der Waals surface area contributed by atoms with Crippen molar-refractivity contribution in [3.63, 3.8) is 0 Å². The predicted octanol–water partition coefficient (Wildman–Crippen LogP) is 3.77. The maximum absolute atomic E-state index is 13.0. The number of nitrogens with one attached hydrogen (secondary N) is 1. The molecule has 3 N–H and O–H groups in total. The van der Waals surface area contributed by atoms with Crippen LogP contribution in [0, 0.1) is 5.92 Å². The standard InChI is InChI=1S/C28H32N2O4/c1-17(26(32)29-20-6-4-3-5-7-20)14-23-28-12-13-30(16-18-8-9-18)22(27(28,2)33)15-19-10-11-21(31)25(34-23)24(19)28/h3-7,10-11,14,18,22-23,31,33H,8-9,12-13,15-16H2,1-2H3,(H,29,32)/b17-14+/t22-,23+,27-,28-/m1/s1. The van der Waals surface area contributed by atoms with Crippen LogP contribution in [0.25, 0.3) is 0 Å². The number of fused-ring (bicyclic) bond motifs is 1. The SMILES string of the molecule is C/C(=C\[C@@H]1Oc2c(O)ccc3c2[C@@]12CCN(CC1CC1)[C@H](C3)[C@@]2(C)O)C(=O)Nc1ccccc1. The Bertz CT molecular complexity index is 1170. The number of hydrogen-bond donors (Lipinski definition) is 3. The number of phenols is 1. The van der Waals surface area contributed by atoms with E-state index in [4.69, 9.17) is 4.74 Å². The van der Waals surface area contributed by atoms with E-state index in [2.05, 4.69) is 10.2 Å². The Hall–Kier alpha value is -2.83. The van der Waals surface area contributed by atoms with Crippen molar-refractivity contribution in [2.75, 3.05) is 18.4 Å². The van der Waals surface area contributed by atoms with E-state index in [1.165, 1.54) is 12.8 Å². The number of para-hydroxylation sites is 1. The minimum atomic E-state index is -1.07. The van der Waals surface area contributed by atoms with Crippen molar-refractivity contribution in [1.82, 2.24) is 4.90 Å². The molecular formula is C28H32N2O4. The second kappa shape index (κ2) is 7.59. The van der Waals surface area contributed by atoms with Gasteiger partial charge in [-0.2, -0.15) is 0 Å². The second-order valence-corrected chi connectivity index (χ2v) is 10.7. The van der Waals surface area contributed by atoms with Gasteiger partial charge in [-0.3, -0.25) is 9.69 Å². The maximum Gasteiger partial charge on any atom is 0.251 e. The van der Waals surface area contributed by atoms with Gasteiger partial charge in [0.1, 0.15) is 6.10 Å². The molecule has 2 aromatic rings. The van der Waals surface area contributed by atoms with E-state index >= 15 is 0 Å². The summed E-state index contributed by atoms with van der Waals surface area (Å²) in [6.45, 7) is 5.60. The summed E-state index contributed by atoms with van der Waals surface area (Å²) in [5, 5.41) is 25.8. The summed E-state index contributed by atoms with van der Waals surface area (Å²) in [5.74, 6) is 1.09. The number of ether oxygens (including phenoxy) is 1. The van der Waals surface area contributed by atoms with Crippen molar-refractivity contribution in [2.45, 2.75) is 62.7 Å². The Morgan fingerprint density at radius 2 is 2.00 bits per heavy atom. The minimum absolute atomic E-state index is 0.0252. The molecule has 34 heavy (non-hydrogen) atoms. The number of carbonyl (C=O) groups is 1. The fourth-order valence-corrected chi connectivity index (χ4v) is 6.57. The van der Waals surface area contributed by atoms with Gasteiger partial charge in [-0.25, -0.2) is 0 Å². The van der Waals surface area contributed by atoms with Crippen LogP contribution in [0.4, 0.5) is 5.69 Å². The van der Waals surface area contributed by atoms with E-state index in [0.717, 1.165) is 42.2 Å². The fraction of sp³-hybridized carbons (Fsp3) is 0.464. The summed E-state index contributed by atoms with van der Waals surface area (Å²) in [6.07, 6.45) is 5.29. The molecule has 1 spiro atoms. The van der Waals surface area contributed by atoms with Crippen molar-refractivity contribution in [1.29, 1.82) is 0 Å². The zero-order valence-corrected chi connectivity index (χ0v) is 19.8. The van der Waals surface area contributed by atoms with Gasteiger partial charge in [-0.15, -0.1) is 0 Å². The predicted molar refractivity (Wildman–Crippen MR) is 130 cm³/mol. The molecule has 1 amide bonds. The molecule has 0 aromatic heterocycles. The van der Waals surface area contributed by atoms with E-state index in [-0.39, 0.29) is 17.7 Å². The van der Waals surface area contributed by atoms with Crippen molar-refractivity contribution in [3.8, 4) is 11.5 Å². The average molecular weight is 461 g/mol. The van der Waals surface area contributed by atoms with Crippen LogP contribution in [-0.4, -0.2) is 51.9 Å². The lowest BCUT2D eigenvalue weighted by atomic mass is 9.53. The highest BCUT2D eigenvalue weighted by molar-refractivity contribution is 6.03. The highest BCUT2D eigenvalue weighted by Crippen LogP contribution is 2.62. The van der Waals surface area contributed by atoms with Gasteiger partial charge in [-0.1, -0.05) is 24.3 Å². The number of piperidine rings is 1. The van der Waals surface area contributed by atoms with E-state index in [1.54, 1.807) is 13.0 Å². The first-order chi connectivity index (χ1) is 16.3. The summed E-state index contributed by atoms with van der Waals surface area (Å²) in [6, 6.07) is 13.0. The topological polar surface area (TPSA) is 82.0 Å². The lowest BCUT2D eigenvalue weighted by Gasteiger charge is -2.59. The minimum Gasteiger partial charge on any atom is -0.504 e. The first-order valence-electron chi connectivity index (χ1n) is 12.3. The molecule has 2 aliphatic carbocycles. The number of likely N-dealkylation sites (tertiary alicyclic amines) is 1. The van der Waals surface area contributed by atoms with Crippen LogP contribution in [0.3, 0.4) is 0 Å². The number of nitrogens with zero attached hydrogens (tertiary/aromatic N) is 1. The molecule has 4 aliphatic rings. The molecule has 0 radical (unpaired) electrons. The summed E-state index contributed by atoms with van der Waals surface area (Å²) >= 11 is 0. The van der Waals surface area contributed by atoms with Gasteiger partial charge in [0.15, 0.2) is 11.5 Å². The number of phenolic OH excluding ortho intramolecular Hbond substituents is 1. The molecule has 1 saturated heterocycles. The molecule has 6 rings (SSSR count). The molecule has 2 bridgehead atoms. The largest absolute Gasteiger partial charge is 0.504 e. The number of aliphatic hydroxyl groups is 1. The normalized spacial score (nSPS) is 32.1. The smallest absolute Gasteiger partial charge is 0.251 e. The third-order valence-corrected chi connectivity index (χ3v) is 8.58. The van der Waals surface area contributed by atoms with Crippen LogP contribution in [0.15, 0.2) is 54.1 Å². The van der Waals surface area contributed by atoms with Crippen LogP contribution in [0.5, 0.6) is 11.5 Å². The second-order valence-electron chi connectivity index (χ2n) is 10.7. The lowest BCUT2D eigenvalue weighted by Crippen LogP contribution is -2.72. The molecule has 2 aromatic carbocycles. The monoisotopic (exact) mass is 460 g/mol. The van der Waals surface area contributed by atoms with Crippen molar-refractivity contribution >= 4 is 11.6 Å². The van der Waals surface area contributed by atoms with Gasteiger partial charge >= 0.3 is 0 Å². The number of rotatable bonds is 5. The highest BCUT2D eigenvalue weighted by Gasteiger charge is 2.68. The molecule has 4 atom stereocenters. The molecular weight excluding hydrogens is 428 g/mol. The first kappa shape index (κ1) is 21.7. The Labute approximate surface area is 200 Å². The van der Waals surface area contributed by atoms with Gasteiger partial charge in [0, 0.05) is 29.4 Å². The van der Waals surface area contributed by atoms with E-state index in [9.17, 15) is 15.0 Å². The zero-order chi connectivity index (χ0) is 23.7. The Balaban J connectivity index is 1.39. The lowest BCUT2D eigenvalue weighted by molar-refractivity contribution is -0.148. The summed E-state index contributed by atoms with van der Waals surface area (Å²) in [5.41, 5.74) is 1.53. The molecule has 6 heteroatoms. The van der Waals surface area contributed by atoms with Crippen LogP contribution < -0.4 is 10.1 Å². The third-order valence-electron chi connectivity index (χ3n) is 8.58. The number of benzene rings is 2. The zero-order valence-electron chi connectivity index (χ0n) is 19.8. The summed E-state index contributed by atoms with van der Waals surface area (Å²) in [4.78, 5) is 15.4. The Morgan fingerprint density at radius 3 is 2.74 bits per heavy atom. The van der Waals surface area contributed by atoms with Gasteiger partial charge < -0.3 is 20.3 Å². The van der Waals surface area contributed by atoms with E-state index in [1.807, 2.05) is 49.4 Å².